The van der Waals surface area contributed by atoms with Crippen LogP contribution in [0, 0.1) is 0 Å². The van der Waals surface area contributed by atoms with Gasteiger partial charge in [0.15, 0.2) is 15.6 Å². The number of benzene rings is 1. The Labute approximate surface area is 180 Å². The highest BCUT2D eigenvalue weighted by atomic mass is 32.2. The van der Waals surface area contributed by atoms with Crippen molar-refractivity contribution < 1.29 is 22.4 Å². The van der Waals surface area contributed by atoms with Crippen molar-refractivity contribution in [3.63, 3.8) is 0 Å². The lowest BCUT2D eigenvalue weighted by molar-refractivity contribution is 0.0908. The van der Waals surface area contributed by atoms with Crippen molar-refractivity contribution in [1.29, 1.82) is 0 Å². The molecule has 0 bridgehead atoms. The van der Waals surface area contributed by atoms with Crippen molar-refractivity contribution >= 4 is 21.6 Å². The molecule has 31 heavy (non-hydrogen) atoms. The molecule has 9 heteroatoms. The van der Waals surface area contributed by atoms with Gasteiger partial charge in [-0.1, -0.05) is 6.07 Å². The first kappa shape index (κ1) is 20.9. The summed E-state index contributed by atoms with van der Waals surface area (Å²) in [4.78, 5) is 19.2. The monoisotopic (exact) mass is 441 g/mol. The number of pyridine rings is 1. The second-order valence-corrected chi connectivity index (χ2v) is 9.41. The molecule has 1 aromatic carbocycles. The number of anilines is 1. The largest absolute Gasteiger partial charge is 0.486 e. The fourth-order valence-corrected chi connectivity index (χ4v) is 4.03. The minimum absolute atomic E-state index is 0.0210. The van der Waals surface area contributed by atoms with E-state index in [1.54, 1.807) is 30.5 Å². The van der Waals surface area contributed by atoms with Crippen LogP contribution in [0.15, 0.2) is 70.1 Å². The zero-order valence-corrected chi connectivity index (χ0v) is 17.8. The summed E-state index contributed by atoms with van der Waals surface area (Å²) in [6, 6.07) is 15.2. The van der Waals surface area contributed by atoms with Gasteiger partial charge in [-0.25, -0.2) is 13.4 Å². The fraction of sp³-hybridized carbons (Fsp3) is 0.273. The third-order valence-corrected chi connectivity index (χ3v) is 6.14. The Balaban J connectivity index is 1.29. The van der Waals surface area contributed by atoms with Crippen molar-refractivity contribution in [3.05, 3.63) is 72.3 Å². The number of hydrogen-bond acceptors (Lipinski definition) is 7. The zero-order chi connectivity index (χ0) is 21.8. The normalized spacial score (nSPS) is 16.3. The first-order chi connectivity index (χ1) is 14.9. The van der Waals surface area contributed by atoms with Crippen molar-refractivity contribution in [2.45, 2.75) is 24.0 Å². The molecule has 3 heterocycles. The van der Waals surface area contributed by atoms with Crippen LogP contribution in [-0.4, -0.2) is 44.7 Å². The van der Waals surface area contributed by atoms with Crippen molar-refractivity contribution in [2.24, 2.45) is 0 Å². The minimum Gasteiger partial charge on any atom is -0.486 e. The summed E-state index contributed by atoms with van der Waals surface area (Å²) in [5.41, 5.74) is 0. The van der Waals surface area contributed by atoms with Crippen molar-refractivity contribution in [2.75, 3.05) is 24.2 Å². The van der Waals surface area contributed by atoms with Gasteiger partial charge >= 0.3 is 0 Å². The molecule has 0 spiro atoms. The predicted molar refractivity (Wildman–Crippen MR) is 115 cm³/mol. The Bertz CT molecular complexity index is 1140. The Hall–Kier alpha value is -3.33. The number of sulfone groups is 1. The molecule has 1 amide bonds. The molecule has 1 aliphatic rings. The molecule has 1 aliphatic heterocycles. The smallest absolute Gasteiger partial charge is 0.287 e. The molecule has 1 atom stereocenters. The molecular formula is C22H23N3O5S. The van der Waals surface area contributed by atoms with E-state index in [2.05, 4.69) is 15.2 Å². The molecular weight excluding hydrogens is 418 g/mol. The van der Waals surface area contributed by atoms with Gasteiger partial charge in [-0.2, -0.15) is 0 Å². The van der Waals surface area contributed by atoms with Crippen molar-refractivity contribution in [3.8, 4) is 5.75 Å². The highest BCUT2D eigenvalue weighted by Crippen LogP contribution is 2.20. The summed E-state index contributed by atoms with van der Waals surface area (Å²) < 4.78 is 34.2. The average molecular weight is 442 g/mol. The maximum atomic E-state index is 12.5. The lowest BCUT2D eigenvalue weighted by Crippen LogP contribution is -2.37. The lowest BCUT2D eigenvalue weighted by atomic mass is 10.2. The molecule has 1 fully saturated rings. The summed E-state index contributed by atoms with van der Waals surface area (Å²) >= 11 is 0. The maximum Gasteiger partial charge on any atom is 0.287 e. The summed E-state index contributed by atoms with van der Waals surface area (Å²) in [6.07, 6.45) is 3.75. The standard InChI is InChI=1S/C22H23N3O5S/c1-31(27,28)19-8-5-17(6-9-19)29-15-18-7-10-20(30-18)22(26)24-16-11-13-25(14-16)21-4-2-3-12-23-21/h2-10,12,16H,11,13-15H2,1H3,(H,24,26)/t16-/m0/s1. The van der Waals surface area contributed by atoms with Gasteiger partial charge in [0.25, 0.3) is 5.91 Å². The summed E-state index contributed by atoms with van der Waals surface area (Å²) in [5.74, 6) is 1.87. The number of rotatable bonds is 7. The summed E-state index contributed by atoms with van der Waals surface area (Å²) in [7, 11) is -3.25. The molecule has 162 valence electrons. The van der Waals surface area contributed by atoms with E-state index in [9.17, 15) is 13.2 Å². The highest BCUT2D eigenvalue weighted by Gasteiger charge is 2.26. The summed E-state index contributed by atoms with van der Waals surface area (Å²) in [5, 5.41) is 3.00. The molecule has 1 saturated heterocycles. The minimum atomic E-state index is -3.25. The van der Waals surface area contributed by atoms with E-state index in [1.165, 1.54) is 12.1 Å². The van der Waals surface area contributed by atoms with Crippen LogP contribution in [0.4, 0.5) is 5.82 Å². The van der Waals surface area contributed by atoms with E-state index < -0.39 is 9.84 Å². The average Bonchev–Trinajstić information content (AvgIpc) is 3.42. The number of aromatic nitrogens is 1. The Morgan fingerprint density at radius 2 is 2.00 bits per heavy atom. The third-order valence-electron chi connectivity index (χ3n) is 5.02. The zero-order valence-electron chi connectivity index (χ0n) is 17.0. The number of furan rings is 1. The fourth-order valence-electron chi connectivity index (χ4n) is 3.40. The van der Waals surface area contributed by atoms with Gasteiger partial charge in [-0.3, -0.25) is 4.79 Å². The van der Waals surface area contributed by atoms with Crippen LogP contribution in [0.5, 0.6) is 5.75 Å². The summed E-state index contributed by atoms with van der Waals surface area (Å²) in [6.45, 7) is 1.66. The van der Waals surface area contributed by atoms with Crippen LogP contribution in [0.3, 0.4) is 0 Å². The van der Waals surface area contributed by atoms with Gasteiger partial charge < -0.3 is 19.4 Å². The van der Waals surface area contributed by atoms with Gasteiger partial charge in [0, 0.05) is 31.6 Å². The Kier molecular flexibility index (Phi) is 5.94. The van der Waals surface area contributed by atoms with Gasteiger partial charge in [0.1, 0.15) is 23.9 Å². The van der Waals surface area contributed by atoms with E-state index in [4.69, 9.17) is 9.15 Å². The van der Waals surface area contributed by atoms with E-state index in [0.29, 0.717) is 18.1 Å². The maximum absolute atomic E-state index is 12.5. The third kappa shape index (κ3) is 5.24. The SMILES string of the molecule is CS(=O)(=O)c1ccc(OCc2ccc(C(=O)N[C@H]3CCN(c4ccccn4)C3)o2)cc1. The van der Waals surface area contributed by atoms with Gasteiger partial charge in [-0.05, 0) is 55.0 Å². The number of nitrogens with zero attached hydrogens (tertiary/aromatic N) is 2. The van der Waals surface area contributed by atoms with E-state index in [0.717, 1.165) is 25.0 Å². The molecule has 2 aromatic heterocycles. The number of carbonyl (C=O) groups is 1. The number of ether oxygens (including phenoxy) is 1. The van der Waals surface area contributed by atoms with Crippen molar-refractivity contribution in [1.82, 2.24) is 10.3 Å². The number of carbonyl (C=O) groups excluding carboxylic acids is 1. The number of amides is 1. The van der Waals surface area contributed by atoms with Crippen LogP contribution < -0.4 is 15.0 Å². The van der Waals surface area contributed by atoms with E-state index in [-0.39, 0.29) is 29.2 Å². The molecule has 0 radical (unpaired) electrons. The van der Waals surface area contributed by atoms with Crippen LogP contribution in [-0.2, 0) is 16.4 Å². The van der Waals surface area contributed by atoms with Gasteiger partial charge in [0.2, 0.25) is 0 Å². The highest BCUT2D eigenvalue weighted by molar-refractivity contribution is 7.90. The van der Waals surface area contributed by atoms with E-state index >= 15 is 0 Å². The first-order valence-corrected chi connectivity index (χ1v) is 11.8. The molecule has 0 unspecified atom stereocenters. The number of hydrogen-bond donors (Lipinski definition) is 1. The lowest BCUT2D eigenvalue weighted by Gasteiger charge is -2.17. The van der Waals surface area contributed by atoms with Gasteiger partial charge in [-0.15, -0.1) is 0 Å². The second kappa shape index (κ2) is 8.81. The predicted octanol–water partition coefficient (Wildman–Crippen LogP) is 2.67. The van der Waals surface area contributed by atoms with Crippen LogP contribution in [0.2, 0.25) is 0 Å². The van der Waals surface area contributed by atoms with Crippen LogP contribution in [0.25, 0.3) is 0 Å². The molecule has 4 rings (SSSR count). The Morgan fingerprint density at radius 3 is 2.71 bits per heavy atom. The second-order valence-electron chi connectivity index (χ2n) is 7.39. The van der Waals surface area contributed by atoms with Gasteiger partial charge in [0.05, 0.1) is 4.90 Å². The van der Waals surface area contributed by atoms with E-state index in [1.807, 2.05) is 18.2 Å². The molecule has 0 saturated carbocycles. The van der Waals surface area contributed by atoms with Crippen LogP contribution in [0.1, 0.15) is 22.7 Å². The number of nitrogens with one attached hydrogen (secondary N) is 1. The Morgan fingerprint density at radius 1 is 1.19 bits per heavy atom. The first-order valence-electron chi connectivity index (χ1n) is 9.87. The quantitative estimate of drug-likeness (QED) is 0.601. The van der Waals surface area contributed by atoms with Crippen LogP contribution >= 0.6 is 0 Å². The molecule has 3 aromatic rings. The molecule has 0 aliphatic carbocycles. The molecule has 8 nitrogen and oxygen atoms in total. The molecule has 1 N–H and O–H groups in total. The topological polar surface area (TPSA) is 102 Å².